The Labute approximate surface area is 225 Å². The number of hydrogen-bond acceptors (Lipinski definition) is 6. The van der Waals surface area contributed by atoms with Crippen LogP contribution in [0, 0.1) is 17.6 Å². The Morgan fingerprint density at radius 3 is 2.59 bits per heavy atom. The standard InChI is InChI=1S/C29H31F2N5O3/c30-18-8-9-20(22(31)15-18)25-16-24(35-39-25)28(38)33-23-10-14-36(19-5-1-2-6-19)17-21(23)27(37)34-29(11-12-29)26-7-3-4-13-32-26/h3-4,7-9,13,15-16,19,21,23H,1-2,5-6,10-12,14,17H2,(H,33,38)(H,34,37)/t21-,23-/m0/s1. The first-order valence-corrected chi connectivity index (χ1v) is 13.6. The Morgan fingerprint density at radius 1 is 1.05 bits per heavy atom. The lowest BCUT2D eigenvalue weighted by molar-refractivity contribution is -0.129. The second-order valence-electron chi connectivity index (χ2n) is 10.9. The molecule has 3 aromatic rings. The van der Waals surface area contributed by atoms with E-state index in [9.17, 15) is 18.4 Å². The lowest BCUT2D eigenvalue weighted by Gasteiger charge is -2.41. The highest BCUT2D eigenvalue weighted by molar-refractivity contribution is 5.94. The van der Waals surface area contributed by atoms with Crippen molar-refractivity contribution in [3.05, 3.63) is 71.7 Å². The van der Waals surface area contributed by atoms with Crippen molar-refractivity contribution in [3.63, 3.8) is 0 Å². The molecular formula is C29H31F2N5O3. The molecule has 2 aromatic heterocycles. The molecule has 3 fully saturated rings. The average molecular weight is 536 g/mol. The fourth-order valence-corrected chi connectivity index (χ4v) is 6.00. The molecule has 204 valence electrons. The predicted octanol–water partition coefficient (Wildman–Crippen LogP) is 4.18. The van der Waals surface area contributed by atoms with E-state index in [2.05, 4.69) is 25.7 Å². The molecule has 1 aromatic carbocycles. The van der Waals surface area contributed by atoms with Gasteiger partial charge in [0.2, 0.25) is 5.91 Å². The van der Waals surface area contributed by atoms with Crippen molar-refractivity contribution in [3.8, 4) is 11.3 Å². The van der Waals surface area contributed by atoms with Crippen LogP contribution in [-0.4, -0.2) is 52.0 Å². The molecule has 2 saturated carbocycles. The summed E-state index contributed by atoms with van der Waals surface area (Å²) in [6.45, 7) is 1.35. The third kappa shape index (κ3) is 5.30. The van der Waals surface area contributed by atoms with Crippen molar-refractivity contribution in [2.24, 2.45) is 5.92 Å². The Kier molecular flexibility index (Phi) is 6.88. The summed E-state index contributed by atoms with van der Waals surface area (Å²) in [5.41, 5.74) is 0.376. The molecule has 3 heterocycles. The SMILES string of the molecule is O=C(N[C@H]1CCN(C2CCCC2)C[C@@H]1C(=O)NC1(c2ccccn2)CC1)c1cc(-c2ccc(F)cc2F)on1. The number of nitrogens with zero attached hydrogens (tertiary/aromatic N) is 3. The summed E-state index contributed by atoms with van der Waals surface area (Å²) in [5.74, 6) is -2.55. The van der Waals surface area contributed by atoms with Gasteiger partial charge in [0.25, 0.3) is 5.91 Å². The first kappa shape index (κ1) is 25.6. The van der Waals surface area contributed by atoms with Gasteiger partial charge in [-0.25, -0.2) is 8.78 Å². The largest absolute Gasteiger partial charge is 0.355 e. The summed E-state index contributed by atoms with van der Waals surface area (Å²) in [6.07, 6.45) is 8.66. The van der Waals surface area contributed by atoms with Crippen LogP contribution in [0.4, 0.5) is 8.78 Å². The summed E-state index contributed by atoms with van der Waals surface area (Å²) < 4.78 is 32.7. The van der Waals surface area contributed by atoms with Crippen molar-refractivity contribution in [2.45, 2.75) is 62.6 Å². The second-order valence-corrected chi connectivity index (χ2v) is 10.9. The molecule has 3 aliphatic rings. The topological polar surface area (TPSA) is 100 Å². The number of benzene rings is 1. The molecule has 6 rings (SSSR count). The number of carbonyl (C=O) groups excluding carboxylic acids is 2. The molecule has 0 radical (unpaired) electrons. The second kappa shape index (κ2) is 10.5. The third-order valence-electron chi connectivity index (χ3n) is 8.35. The highest BCUT2D eigenvalue weighted by atomic mass is 19.1. The molecule has 2 N–H and O–H groups in total. The average Bonchev–Trinajstić information content (AvgIpc) is 3.31. The first-order valence-electron chi connectivity index (χ1n) is 13.6. The molecule has 2 aliphatic carbocycles. The van der Waals surface area contributed by atoms with Crippen LogP contribution in [0.1, 0.15) is 61.1 Å². The Hall–Kier alpha value is -3.66. The number of piperidine rings is 1. The van der Waals surface area contributed by atoms with E-state index in [-0.39, 0.29) is 22.9 Å². The molecule has 0 bridgehead atoms. The summed E-state index contributed by atoms with van der Waals surface area (Å²) >= 11 is 0. The van der Waals surface area contributed by atoms with E-state index in [1.165, 1.54) is 25.0 Å². The van der Waals surface area contributed by atoms with E-state index in [0.29, 0.717) is 19.0 Å². The van der Waals surface area contributed by atoms with Crippen LogP contribution in [-0.2, 0) is 10.3 Å². The highest BCUT2D eigenvalue weighted by Gasteiger charge is 2.49. The zero-order chi connectivity index (χ0) is 27.0. The van der Waals surface area contributed by atoms with E-state index >= 15 is 0 Å². The van der Waals surface area contributed by atoms with Gasteiger partial charge in [-0.05, 0) is 56.4 Å². The molecule has 0 unspecified atom stereocenters. The van der Waals surface area contributed by atoms with E-state index in [4.69, 9.17) is 4.52 Å². The Balaban J connectivity index is 1.19. The number of rotatable bonds is 7. The maximum atomic E-state index is 14.2. The number of likely N-dealkylation sites (tertiary alicyclic amines) is 1. The van der Waals surface area contributed by atoms with E-state index in [0.717, 1.165) is 50.1 Å². The third-order valence-corrected chi connectivity index (χ3v) is 8.35. The lowest BCUT2D eigenvalue weighted by Crippen LogP contribution is -2.58. The van der Waals surface area contributed by atoms with Crippen LogP contribution in [0.15, 0.2) is 53.2 Å². The summed E-state index contributed by atoms with van der Waals surface area (Å²) in [7, 11) is 0. The number of aromatic nitrogens is 2. The zero-order valence-electron chi connectivity index (χ0n) is 21.5. The molecule has 0 spiro atoms. The molecule has 1 saturated heterocycles. The monoisotopic (exact) mass is 535 g/mol. The molecule has 1 aliphatic heterocycles. The van der Waals surface area contributed by atoms with E-state index < -0.39 is 35.0 Å². The minimum atomic E-state index is -0.809. The Bertz CT molecular complexity index is 1350. The van der Waals surface area contributed by atoms with Crippen LogP contribution < -0.4 is 10.6 Å². The summed E-state index contributed by atoms with van der Waals surface area (Å²) in [5, 5.41) is 10.1. The number of hydrogen-bond donors (Lipinski definition) is 2. The number of carbonyl (C=O) groups is 2. The Morgan fingerprint density at radius 2 is 1.87 bits per heavy atom. The number of amides is 2. The quantitative estimate of drug-likeness (QED) is 0.471. The fraction of sp³-hybridized carbons (Fsp3) is 0.448. The van der Waals surface area contributed by atoms with Crippen LogP contribution in [0.3, 0.4) is 0 Å². The zero-order valence-corrected chi connectivity index (χ0v) is 21.5. The van der Waals surface area contributed by atoms with Gasteiger partial charge in [0, 0.05) is 43.5 Å². The van der Waals surface area contributed by atoms with E-state index in [1.54, 1.807) is 6.20 Å². The molecule has 10 heteroatoms. The number of nitrogens with one attached hydrogen (secondary N) is 2. The minimum Gasteiger partial charge on any atom is -0.355 e. The van der Waals surface area contributed by atoms with Crippen molar-refractivity contribution in [1.82, 2.24) is 25.7 Å². The molecule has 8 nitrogen and oxygen atoms in total. The number of pyridine rings is 1. The smallest absolute Gasteiger partial charge is 0.273 e. The van der Waals surface area contributed by atoms with Gasteiger partial charge in [-0.2, -0.15) is 0 Å². The van der Waals surface area contributed by atoms with Gasteiger partial charge in [0.15, 0.2) is 11.5 Å². The maximum Gasteiger partial charge on any atom is 0.273 e. The fourth-order valence-electron chi connectivity index (χ4n) is 6.00. The van der Waals surface area contributed by atoms with Crippen LogP contribution >= 0.6 is 0 Å². The van der Waals surface area contributed by atoms with E-state index in [1.807, 2.05) is 18.2 Å². The van der Waals surface area contributed by atoms with Crippen molar-refractivity contribution in [1.29, 1.82) is 0 Å². The molecule has 2 atom stereocenters. The van der Waals surface area contributed by atoms with Gasteiger partial charge in [0.05, 0.1) is 22.7 Å². The van der Waals surface area contributed by atoms with Crippen molar-refractivity contribution >= 4 is 11.8 Å². The van der Waals surface area contributed by atoms with Gasteiger partial charge >= 0.3 is 0 Å². The normalized spacial score (nSPS) is 22.9. The predicted molar refractivity (Wildman–Crippen MR) is 138 cm³/mol. The van der Waals surface area contributed by atoms with Gasteiger partial charge < -0.3 is 15.2 Å². The van der Waals surface area contributed by atoms with Crippen LogP contribution in [0.2, 0.25) is 0 Å². The van der Waals surface area contributed by atoms with Gasteiger partial charge in [-0.3, -0.25) is 19.5 Å². The maximum absolute atomic E-state index is 14.2. The van der Waals surface area contributed by atoms with Gasteiger partial charge in [-0.15, -0.1) is 0 Å². The summed E-state index contributed by atoms with van der Waals surface area (Å²) in [6, 6.07) is 10.2. The number of halogens is 2. The molecule has 2 amide bonds. The van der Waals surface area contributed by atoms with Crippen molar-refractivity contribution in [2.75, 3.05) is 13.1 Å². The summed E-state index contributed by atoms with van der Waals surface area (Å²) in [4.78, 5) is 33.8. The first-order chi connectivity index (χ1) is 18.9. The van der Waals surface area contributed by atoms with Crippen LogP contribution in [0.25, 0.3) is 11.3 Å². The van der Waals surface area contributed by atoms with Gasteiger partial charge in [0.1, 0.15) is 11.6 Å². The molecule has 39 heavy (non-hydrogen) atoms. The molecular weight excluding hydrogens is 504 g/mol. The lowest BCUT2D eigenvalue weighted by atomic mass is 9.89. The minimum absolute atomic E-state index is 0.00864. The van der Waals surface area contributed by atoms with Crippen molar-refractivity contribution < 1.29 is 22.9 Å². The van der Waals surface area contributed by atoms with Crippen LogP contribution in [0.5, 0.6) is 0 Å². The highest BCUT2D eigenvalue weighted by Crippen LogP contribution is 2.45. The van der Waals surface area contributed by atoms with Gasteiger partial charge in [-0.1, -0.05) is 24.1 Å².